The van der Waals surface area contributed by atoms with Gasteiger partial charge >= 0.3 is 0 Å². The quantitative estimate of drug-likeness (QED) is 0.633. The molecule has 1 heterocycles. The molecule has 3 heteroatoms. The van der Waals surface area contributed by atoms with Crippen LogP contribution in [0.5, 0.6) is 0 Å². The van der Waals surface area contributed by atoms with Crippen molar-refractivity contribution in [3.63, 3.8) is 0 Å². The molecule has 0 amide bonds. The van der Waals surface area contributed by atoms with E-state index in [1.807, 2.05) is 18.2 Å². The highest BCUT2D eigenvalue weighted by atomic mass is 127. The molecule has 0 bridgehead atoms. The van der Waals surface area contributed by atoms with Crippen LogP contribution in [-0.2, 0) is 6.54 Å². The van der Waals surface area contributed by atoms with Crippen molar-refractivity contribution in [2.45, 2.75) is 6.54 Å². The van der Waals surface area contributed by atoms with E-state index in [1.165, 1.54) is 9.13 Å². The Hall–Kier alpha value is -1.80. The molecule has 92 valence electrons. The number of halogens is 1. The summed E-state index contributed by atoms with van der Waals surface area (Å²) in [5.41, 5.74) is 3.15. The van der Waals surface area contributed by atoms with E-state index in [0.29, 0.717) is 5.56 Å². The van der Waals surface area contributed by atoms with Gasteiger partial charge in [-0.1, -0.05) is 12.1 Å². The molecule has 2 aromatic carbocycles. The van der Waals surface area contributed by atoms with Gasteiger partial charge < -0.3 is 4.57 Å². The summed E-state index contributed by atoms with van der Waals surface area (Å²) in [5, 5.41) is 10.0. The Labute approximate surface area is 125 Å². The average Bonchev–Trinajstić information content (AvgIpc) is 2.83. The largest absolute Gasteiger partial charge is 0.343 e. The SMILES string of the molecule is N#Cc1ccc2c(ccn2Cc2ccc(I)cc2)c1. The molecule has 0 saturated carbocycles. The highest BCUT2D eigenvalue weighted by Gasteiger charge is 2.03. The first kappa shape index (κ1) is 12.2. The Morgan fingerprint density at radius 1 is 1.05 bits per heavy atom. The van der Waals surface area contributed by atoms with E-state index in [2.05, 4.69) is 69.8 Å². The minimum atomic E-state index is 0.708. The van der Waals surface area contributed by atoms with Crippen LogP contribution in [0.25, 0.3) is 10.9 Å². The lowest BCUT2D eigenvalue weighted by molar-refractivity contribution is 0.836. The number of aromatic nitrogens is 1. The molecule has 1 aromatic heterocycles. The number of nitrogens with zero attached hydrogens (tertiary/aromatic N) is 2. The minimum absolute atomic E-state index is 0.708. The Bertz CT molecular complexity index is 764. The van der Waals surface area contributed by atoms with E-state index < -0.39 is 0 Å². The molecule has 3 rings (SSSR count). The maximum atomic E-state index is 8.91. The van der Waals surface area contributed by atoms with Gasteiger partial charge in [0.15, 0.2) is 0 Å². The van der Waals surface area contributed by atoms with Crippen LogP contribution in [0.2, 0.25) is 0 Å². The maximum absolute atomic E-state index is 8.91. The maximum Gasteiger partial charge on any atom is 0.0991 e. The van der Waals surface area contributed by atoms with E-state index in [-0.39, 0.29) is 0 Å². The fourth-order valence-corrected chi connectivity index (χ4v) is 2.55. The van der Waals surface area contributed by atoms with Crippen LogP contribution in [-0.4, -0.2) is 4.57 Å². The number of nitriles is 1. The van der Waals surface area contributed by atoms with Gasteiger partial charge in [-0.25, -0.2) is 0 Å². The first-order chi connectivity index (χ1) is 9.26. The molecule has 0 spiro atoms. The summed E-state index contributed by atoms with van der Waals surface area (Å²) in [5.74, 6) is 0. The van der Waals surface area contributed by atoms with Gasteiger partial charge in [0, 0.05) is 27.2 Å². The summed E-state index contributed by atoms with van der Waals surface area (Å²) in [6.45, 7) is 0.853. The van der Waals surface area contributed by atoms with Gasteiger partial charge in [0.1, 0.15) is 0 Å². The van der Waals surface area contributed by atoms with Crippen LogP contribution in [0.1, 0.15) is 11.1 Å². The summed E-state index contributed by atoms with van der Waals surface area (Å²) in [7, 11) is 0. The molecule has 0 aliphatic rings. The van der Waals surface area contributed by atoms with E-state index >= 15 is 0 Å². The molecule has 0 aliphatic carbocycles. The second kappa shape index (κ2) is 5.06. The third kappa shape index (κ3) is 2.49. The Kier molecular flexibility index (Phi) is 3.26. The molecule has 0 unspecified atom stereocenters. The fraction of sp³-hybridized carbons (Fsp3) is 0.0625. The lowest BCUT2D eigenvalue weighted by atomic mass is 10.2. The molecule has 2 nitrogen and oxygen atoms in total. The number of hydrogen-bond donors (Lipinski definition) is 0. The van der Waals surface area contributed by atoms with Crippen LogP contribution >= 0.6 is 22.6 Å². The van der Waals surface area contributed by atoms with E-state index in [4.69, 9.17) is 5.26 Å². The molecule has 0 N–H and O–H groups in total. The normalized spacial score (nSPS) is 10.5. The Morgan fingerprint density at radius 2 is 1.84 bits per heavy atom. The second-order valence-corrected chi connectivity index (χ2v) is 5.70. The van der Waals surface area contributed by atoms with E-state index in [1.54, 1.807) is 0 Å². The van der Waals surface area contributed by atoms with Gasteiger partial charge in [-0.05, 0) is 64.6 Å². The van der Waals surface area contributed by atoms with Crippen molar-refractivity contribution in [3.8, 4) is 6.07 Å². The van der Waals surface area contributed by atoms with Crippen molar-refractivity contribution in [3.05, 3.63) is 69.4 Å². The Morgan fingerprint density at radius 3 is 2.58 bits per heavy atom. The van der Waals surface area contributed by atoms with Crippen molar-refractivity contribution in [2.75, 3.05) is 0 Å². The number of benzene rings is 2. The number of rotatable bonds is 2. The molecule has 0 atom stereocenters. The van der Waals surface area contributed by atoms with Crippen LogP contribution in [0.15, 0.2) is 54.7 Å². The highest BCUT2D eigenvalue weighted by Crippen LogP contribution is 2.19. The molecule has 19 heavy (non-hydrogen) atoms. The molecule has 0 saturated heterocycles. The van der Waals surface area contributed by atoms with Crippen molar-refractivity contribution in [1.82, 2.24) is 4.57 Å². The zero-order valence-corrected chi connectivity index (χ0v) is 12.3. The minimum Gasteiger partial charge on any atom is -0.343 e. The standard InChI is InChI=1S/C16H11IN2/c17-15-4-1-12(2-5-15)11-19-8-7-14-9-13(10-18)3-6-16(14)19/h1-9H,11H2. The summed E-state index contributed by atoms with van der Waals surface area (Å²) in [4.78, 5) is 0. The first-order valence-electron chi connectivity index (χ1n) is 6.00. The second-order valence-electron chi connectivity index (χ2n) is 4.46. The topological polar surface area (TPSA) is 28.7 Å². The average molecular weight is 358 g/mol. The molecule has 0 fully saturated rings. The van der Waals surface area contributed by atoms with Gasteiger partial charge in [-0.2, -0.15) is 5.26 Å². The summed E-state index contributed by atoms with van der Waals surface area (Å²) in [6, 6.07) is 18.6. The van der Waals surface area contributed by atoms with Crippen LogP contribution in [0, 0.1) is 14.9 Å². The fourth-order valence-electron chi connectivity index (χ4n) is 2.19. The third-order valence-corrected chi connectivity index (χ3v) is 3.89. The summed E-state index contributed by atoms with van der Waals surface area (Å²) in [6.07, 6.45) is 2.07. The van der Waals surface area contributed by atoms with Crippen molar-refractivity contribution in [2.24, 2.45) is 0 Å². The van der Waals surface area contributed by atoms with Crippen molar-refractivity contribution in [1.29, 1.82) is 5.26 Å². The van der Waals surface area contributed by atoms with Crippen molar-refractivity contribution < 1.29 is 0 Å². The van der Waals surface area contributed by atoms with Gasteiger partial charge in [0.25, 0.3) is 0 Å². The molecule has 0 radical (unpaired) electrons. The third-order valence-electron chi connectivity index (χ3n) is 3.17. The van der Waals surface area contributed by atoms with Crippen LogP contribution in [0.3, 0.4) is 0 Å². The number of hydrogen-bond acceptors (Lipinski definition) is 1. The van der Waals surface area contributed by atoms with Gasteiger partial charge in [-0.15, -0.1) is 0 Å². The van der Waals surface area contributed by atoms with Crippen LogP contribution < -0.4 is 0 Å². The zero-order valence-electron chi connectivity index (χ0n) is 10.2. The van der Waals surface area contributed by atoms with E-state index in [0.717, 1.165) is 17.4 Å². The highest BCUT2D eigenvalue weighted by molar-refractivity contribution is 14.1. The predicted octanol–water partition coefficient (Wildman–Crippen LogP) is 4.17. The monoisotopic (exact) mass is 358 g/mol. The molecule has 3 aromatic rings. The van der Waals surface area contributed by atoms with E-state index in [9.17, 15) is 0 Å². The molecular formula is C16H11IN2. The first-order valence-corrected chi connectivity index (χ1v) is 7.07. The van der Waals surface area contributed by atoms with Crippen LogP contribution in [0.4, 0.5) is 0 Å². The van der Waals surface area contributed by atoms with Gasteiger partial charge in [0.2, 0.25) is 0 Å². The van der Waals surface area contributed by atoms with Gasteiger partial charge in [-0.3, -0.25) is 0 Å². The van der Waals surface area contributed by atoms with Crippen molar-refractivity contribution >= 4 is 33.5 Å². The Balaban J connectivity index is 1.97. The summed E-state index contributed by atoms with van der Waals surface area (Å²) >= 11 is 2.31. The lowest BCUT2D eigenvalue weighted by Crippen LogP contribution is -1.97. The smallest absolute Gasteiger partial charge is 0.0991 e. The zero-order chi connectivity index (χ0) is 13.2. The molecular weight excluding hydrogens is 347 g/mol. The number of fused-ring (bicyclic) bond motifs is 1. The lowest BCUT2D eigenvalue weighted by Gasteiger charge is -2.06. The van der Waals surface area contributed by atoms with Gasteiger partial charge in [0.05, 0.1) is 11.6 Å². The summed E-state index contributed by atoms with van der Waals surface area (Å²) < 4.78 is 3.45. The molecule has 0 aliphatic heterocycles. The predicted molar refractivity (Wildman–Crippen MR) is 84.9 cm³/mol.